The van der Waals surface area contributed by atoms with Gasteiger partial charge in [-0.25, -0.2) is 0 Å². The van der Waals surface area contributed by atoms with Crippen LogP contribution >= 0.6 is 0 Å². The largest absolute Gasteiger partial charge is 0.394 e. The zero-order valence-corrected chi connectivity index (χ0v) is 22.6. The van der Waals surface area contributed by atoms with Gasteiger partial charge < -0.3 is 78.4 Å². The molecule has 7 N–H and O–H groups in total. The lowest BCUT2D eigenvalue weighted by atomic mass is 9.97. The maximum absolute atomic E-state index is 10.8. The van der Waals surface area contributed by atoms with E-state index in [9.17, 15) is 35.7 Å². The topological polar surface area (TPSA) is 225 Å². The molecule has 15 atom stereocenters. The molecule has 5 heterocycles. The first kappa shape index (κ1) is 30.8. The average Bonchev–Trinajstić information content (AvgIpc) is 3.39. The molecule has 5 fully saturated rings. The highest BCUT2D eigenvalue weighted by Gasteiger charge is 2.61. The number of hydrogen-bond donors (Lipinski definition) is 7. The molecule has 16 nitrogen and oxygen atoms in total. The summed E-state index contributed by atoms with van der Waals surface area (Å²) in [5.41, 5.74) is 0. The fourth-order valence-electron chi connectivity index (χ4n) is 5.71. The van der Waals surface area contributed by atoms with Gasteiger partial charge in [0.05, 0.1) is 19.8 Å². The SMILES string of the molecule is CC1(C)O[C@H]2[C@@H](O1)[C@@H](CO[C@@H]1O[C@H](CO)[C@@H](O[C@@H]3O[C@H](CO)[C@H](O)[C@H](O)[C@H]3O)[C@H](O)[C@H]1O)O[C@@H]1OC(C)(C)O[C@@H]12. The van der Waals surface area contributed by atoms with Crippen molar-refractivity contribution in [3.8, 4) is 0 Å². The quantitative estimate of drug-likeness (QED) is 0.151. The summed E-state index contributed by atoms with van der Waals surface area (Å²) in [4.78, 5) is 0. The van der Waals surface area contributed by atoms with Crippen LogP contribution in [0.15, 0.2) is 0 Å². The molecule has 0 spiro atoms. The second-order valence-corrected chi connectivity index (χ2v) is 11.5. The van der Waals surface area contributed by atoms with Crippen LogP contribution in [-0.4, -0.2) is 159 Å². The second-order valence-electron chi connectivity index (χ2n) is 11.5. The Morgan fingerprint density at radius 1 is 0.575 bits per heavy atom. The summed E-state index contributed by atoms with van der Waals surface area (Å²) in [6.45, 7) is 5.45. The van der Waals surface area contributed by atoms with E-state index >= 15 is 0 Å². The summed E-state index contributed by atoms with van der Waals surface area (Å²) in [5.74, 6) is -1.85. The van der Waals surface area contributed by atoms with Gasteiger partial charge in [-0.1, -0.05) is 0 Å². The van der Waals surface area contributed by atoms with Crippen LogP contribution in [0.4, 0.5) is 0 Å². The van der Waals surface area contributed by atoms with E-state index in [0.717, 1.165) is 0 Å². The van der Waals surface area contributed by atoms with Crippen LogP contribution in [0.25, 0.3) is 0 Å². The Morgan fingerprint density at radius 3 is 1.82 bits per heavy atom. The standard InChI is InChI=1S/C24H40O16/c1-23(2)37-17-10(35-22-19(18(17)38-23)39-24(3,4)40-22)7-32-20-15(31)13(29)16(9(6-26)34-20)36-21-14(30)12(28)11(27)8(5-25)33-21/h8-22,25-31H,5-7H2,1-4H3/t8-,9-,10-,11+,12+,13-,14-,15-,16-,17+,18+,19-,20-,21+,22-/m1/s1. The van der Waals surface area contributed by atoms with Crippen molar-refractivity contribution < 1.29 is 78.4 Å². The van der Waals surface area contributed by atoms with E-state index in [1.165, 1.54) is 0 Å². The van der Waals surface area contributed by atoms with Crippen LogP contribution in [0.1, 0.15) is 27.7 Å². The van der Waals surface area contributed by atoms with E-state index in [4.69, 9.17) is 42.6 Å². The molecule has 0 radical (unpaired) electrons. The van der Waals surface area contributed by atoms with E-state index in [0.29, 0.717) is 0 Å². The Kier molecular flexibility index (Phi) is 8.82. The minimum Gasteiger partial charge on any atom is -0.394 e. The van der Waals surface area contributed by atoms with Crippen LogP contribution in [0, 0.1) is 0 Å². The van der Waals surface area contributed by atoms with Crippen molar-refractivity contribution in [1.29, 1.82) is 0 Å². The molecule has 0 aliphatic carbocycles. The first-order valence-electron chi connectivity index (χ1n) is 13.3. The summed E-state index contributed by atoms with van der Waals surface area (Å²) in [7, 11) is 0. The van der Waals surface area contributed by atoms with Gasteiger partial charge in [0.2, 0.25) is 0 Å². The monoisotopic (exact) mass is 584 g/mol. The van der Waals surface area contributed by atoms with E-state index in [1.54, 1.807) is 27.7 Å². The Bertz CT molecular complexity index is 870. The normalized spacial score (nSPS) is 51.8. The van der Waals surface area contributed by atoms with Gasteiger partial charge in [0, 0.05) is 0 Å². The molecule has 0 unspecified atom stereocenters. The third kappa shape index (κ3) is 5.79. The fraction of sp³-hybridized carbons (Fsp3) is 1.00. The zero-order valence-electron chi connectivity index (χ0n) is 22.6. The van der Waals surface area contributed by atoms with Crippen molar-refractivity contribution in [3.05, 3.63) is 0 Å². The minimum absolute atomic E-state index is 0.182. The highest BCUT2D eigenvalue weighted by Crippen LogP contribution is 2.44. The number of aliphatic hydroxyl groups excluding tert-OH is 7. The van der Waals surface area contributed by atoms with Crippen LogP contribution in [0.3, 0.4) is 0 Å². The van der Waals surface area contributed by atoms with Crippen LogP contribution < -0.4 is 0 Å². The van der Waals surface area contributed by atoms with Crippen molar-refractivity contribution in [1.82, 2.24) is 0 Å². The van der Waals surface area contributed by atoms with Gasteiger partial charge in [-0.3, -0.25) is 0 Å². The molecule has 232 valence electrons. The molecule has 0 bridgehead atoms. The maximum atomic E-state index is 10.8. The molecular formula is C24H40O16. The number of hydrogen-bond acceptors (Lipinski definition) is 16. The third-order valence-corrected chi connectivity index (χ3v) is 7.64. The van der Waals surface area contributed by atoms with Gasteiger partial charge >= 0.3 is 0 Å². The van der Waals surface area contributed by atoms with Gasteiger partial charge in [-0.2, -0.15) is 0 Å². The van der Waals surface area contributed by atoms with E-state index in [1.807, 2.05) is 0 Å². The van der Waals surface area contributed by atoms with E-state index in [-0.39, 0.29) is 6.61 Å². The van der Waals surface area contributed by atoms with Gasteiger partial charge in [-0.05, 0) is 27.7 Å². The molecule has 16 heteroatoms. The van der Waals surface area contributed by atoms with Crippen molar-refractivity contribution in [2.24, 2.45) is 0 Å². The van der Waals surface area contributed by atoms with Crippen molar-refractivity contribution in [3.63, 3.8) is 0 Å². The predicted molar refractivity (Wildman–Crippen MR) is 125 cm³/mol. The Hall–Kier alpha value is -0.640. The number of fused-ring (bicyclic) bond motifs is 3. The summed E-state index contributed by atoms with van der Waals surface area (Å²) in [6, 6.07) is 0. The molecule has 0 aromatic heterocycles. The summed E-state index contributed by atoms with van der Waals surface area (Å²) in [6.07, 6.45) is -18.7. The lowest BCUT2D eigenvalue weighted by molar-refractivity contribution is -0.362. The average molecular weight is 585 g/mol. The smallest absolute Gasteiger partial charge is 0.190 e. The fourth-order valence-corrected chi connectivity index (χ4v) is 5.71. The molecule has 5 aliphatic heterocycles. The zero-order chi connectivity index (χ0) is 29.1. The molecule has 0 aromatic carbocycles. The molecule has 0 aromatic rings. The van der Waals surface area contributed by atoms with E-state index in [2.05, 4.69) is 0 Å². The molecule has 5 aliphatic rings. The molecule has 0 amide bonds. The maximum Gasteiger partial charge on any atom is 0.190 e. The lowest BCUT2D eigenvalue weighted by Gasteiger charge is -2.46. The molecule has 40 heavy (non-hydrogen) atoms. The Balaban J connectivity index is 1.24. The van der Waals surface area contributed by atoms with Gasteiger partial charge in [-0.15, -0.1) is 0 Å². The van der Waals surface area contributed by atoms with Gasteiger partial charge in [0.15, 0.2) is 30.4 Å². The minimum atomic E-state index is -1.76. The lowest BCUT2D eigenvalue weighted by Crippen LogP contribution is -2.65. The van der Waals surface area contributed by atoms with Crippen molar-refractivity contribution in [2.45, 2.75) is 131 Å². The Morgan fingerprint density at radius 2 is 1.15 bits per heavy atom. The molecule has 0 saturated carbocycles. The Labute approximate surface area is 230 Å². The van der Waals surface area contributed by atoms with E-state index < -0.39 is 117 Å². The third-order valence-electron chi connectivity index (χ3n) is 7.64. The number of aliphatic hydroxyl groups is 7. The summed E-state index contributed by atoms with van der Waals surface area (Å²) in [5, 5.41) is 71.3. The summed E-state index contributed by atoms with van der Waals surface area (Å²) >= 11 is 0. The van der Waals surface area contributed by atoms with Crippen LogP contribution in [-0.2, 0) is 42.6 Å². The second kappa shape index (κ2) is 11.5. The van der Waals surface area contributed by atoms with Crippen molar-refractivity contribution in [2.75, 3.05) is 19.8 Å². The van der Waals surface area contributed by atoms with Gasteiger partial charge in [0.25, 0.3) is 0 Å². The molecular weight excluding hydrogens is 544 g/mol. The number of ether oxygens (including phenoxy) is 9. The molecule has 5 rings (SSSR count). The molecule has 5 saturated heterocycles. The first-order chi connectivity index (χ1) is 18.7. The van der Waals surface area contributed by atoms with Crippen molar-refractivity contribution >= 4 is 0 Å². The predicted octanol–water partition coefficient (Wildman–Crippen LogP) is -3.98. The summed E-state index contributed by atoms with van der Waals surface area (Å²) < 4.78 is 52.4. The highest BCUT2D eigenvalue weighted by molar-refractivity contribution is 5.00. The van der Waals surface area contributed by atoms with Crippen LogP contribution in [0.5, 0.6) is 0 Å². The number of rotatable bonds is 7. The highest BCUT2D eigenvalue weighted by atomic mass is 16.9. The van der Waals surface area contributed by atoms with Gasteiger partial charge in [0.1, 0.15) is 73.2 Å². The first-order valence-corrected chi connectivity index (χ1v) is 13.3. The van der Waals surface area contributed by atoms with Crippen LogP contribution in [0.2, 0.25) is 0 Å².